The molecule has 0 aliphatic rings. The van der Waals surface area contributed by atoms with E-state index in [0.29, 0.717) is 6.54 Å². The Balaban J connectivity index is 2.37. The van der Waals surface area contributed by atoms with Gasteiger partial charge in [-0.3, -0.25) is 4.79 Å². The number of carboxylic acid groups (broad SMARTS) is 1. The lowest BCUT2D eigenvalue weighted by Gasteiger charge is -2.12. The summed E-state index contributed by atoms with van der Waals surface area (Å²) in [5.41, 5.74) is 0. The Labute approximate surface area is 92.6 Å². The number of hydrogen-bond acceptors (Lipinski definition) is 3. The molecule has 0 saturated heterocycles. The molecular weight excluding hydrogens is 210 g/mol. The fourth-order valence-electron chi connectivity index (χ4n) is 1.19. The van der Waals surface area contributed by atoms with Crippen molar-refractivity contribution >= 4 is 11.9 Å². The van der Waals surface area contributed by atoms with Gasteiger partial charge in [-0.1, -0.05) is 0 Å². The van der Waals surface area contributed by atoms with Gasteiger partial charge in [-0.15, -0.1) is 0 Å². The molecule has 1 heterocycles. The molecule has 0 aliphatic carbocycles. The number of amides is 1. The summed E-state index contributed by atoms with van der Waals surface area (Å²) in [5, 5.41) is 11.0. The Morgan fingerprint density at radius 3 is 2.88 bits per heavy atom. The third-order valence-electron chi connectivity index (χ3n) is 1.81. The number of imidazole rings is 1. The number of carbonyl (C=O) groups is 2. The molecule has 1 amide bonds. The lowest BCUT2D eigenvalue weighted by atomic mass is 10.3. The molecule has 86 valence electrons. The summed E-state index contributed by atoms with van der Waals surface area (Å²) >= 11 is 0. The lowest BCUT2D eigenvalue weighted by molar-refractivity contribution is -0.131. The van der Waals surface area contributed by atoms with Gasteiger partial charge < -0.3 is 15.0 Å². The average Bonchev–Trinajstić information content (AvgIpc) is 2.67. The molecule has 1 unspecified atom stereocenters. The van der Waals surface area contributed by atoms with Gasteiger partial charge >= 0.3 is 5.97 Å². The van der Waals surface area contributed by atoms with Crippen LogP contribution in [0.1, 0.15) is 6.92 Å². The van der Waals surface area contributed by atoms with E-state index in [1.165, 1.54) is 0 Å². The highest BCUT2D eigenvalue weighted by molar-refractivity contribution is 5.93. The van der Waals surface area contributed by atoms with Gasteiger partial charge in [-0.05, 0) is 6.92 Å². The minimum Gasteiger partial charge on any atom is -0.478 e. The van der Waals surface area contributed by atoms with E-state index in [-0.39, 0.29) is 6.04 Å². The number of nitrogens with one attached hydrogen (secondary N) is 1. The molecule has 0 aromatic carbocycles. The van der Waals surface area contributed by atoms with Gasteiger partial charge in [-0.2, -0.15) is 0 Å². The number of nitrogens with zero attached hydrogens (tertiary/aromatic N) is 2. The Kier molecular flexibility index (Phi) is 4.26. The van der Waals surface area contributed by atoms with Gasteiger partial charge in [0.25, 0.3) is 0 Å². The van der Waals surface area contributed by atoms with E-state index in [2.05, 4.69) is 10.3 Å². The van der Waals surface area contributed by atoms with Crippen LogP contribution in [0.2, 0.25) is 0 Å². The molecule has 0 radical (unpaired) electrons. The summed E-state index contributed by atoms with van der Waals surface area (Å²) in [6.07, 6.45) is 6.89. The molecule has 0 bridgehead atoms. The molecule has 6 nitrogen and oxygen atoms in total. The van der Waals surface area contributed by atoms with Crippen LogP contribution in [0.15, 0.2) is 30.9 Å². The van der Waals surface area contributed by atoms with Gasteiger partial charge in [0.15, 0.2) is 0 Å². The zero-order valence-electron chi connectivity index (χ0n) is 8.83. The monoisotopic (exact) mass is 223 g/mol. The van der Waals surface area contributed by atoms with Crippen LogP contribution in [0.5, 0.6) is 0 Å². The van der Waals surface area contributed by atoms with Gasteiger partial charge in [0, 0.05) is 37.1 Å². The molecule has 16 heavy (non-hydrogen) atoms. The second-order valence-corrected chi connectivity index (χ2v) is 3.34. The van der Waals surface area contributed by atoms with Crippen LogP contribution in [0.3, 0.4) is 0 Å². The Morgan fingerprint density at radius 2 is 2.31 bits per heavy atom. The fourth-order valence-corrected chi connectivity index (χ4v) is 1.19. The molecular formula is C10H13N3O3. The number of aromatic nitrogens is 2. The Morgan fingerprint density at radius 1 is 1.56 bits per heavy atom. The van der Waals surface area contributed by atoms with E-state index >= 15 is 0 Å². The van der Waals surface area contributed by atoms with E-state index in [4.69, 9.17) is 5.11 Å². The highest BCUT2D eigenvalue weighted by Gasteiger charge is 2.05. The third-order valence-corrected chi connectivity index (χ3v) is 1.81. The third kappa shape index (κ3) is 4.41. The van der Waals surface area contributed by atoms with E-state index in [0.717, 1.165) is 12.2 Å². The second kappa shape index (κ2) is 5.69. The maximum Gasteiger partial charge on any atom is 0.328 e. The van der Waals surface area contributed by atoms with E-state index in [1.54, 1.807) is 18.7 Å². The summed E-state index contributed by atoms with van der Waals surface area (Å²) < 4.78 is 1.83. The van der Waals surface area contributed by atoms with Crippen LogP contribution in [-0.2, 0) is 16.1 Å². The van der Waals surface area contributed by atoms with Crippen LogP contribution in [0, 0.1) is 0 Å². The number of aliphatic carboxylic acids is 1. The first-order chi connectivity index (χ1) is 7.58. The van der Waals surface area contributed by atoms with Crippen molar-refractivity contribution in [1.29, 1.82) is 0 Å². The predicted molar refractivity (Wildman–Crippen MR) is 56.6 cm³/mol. The summed E-state index contributed by atoms with van der Waals surface area (Å²) in [5.74, 6) is -1.56. The molecule has 1 atom stereocenters. The maximum atomic E-state index is 11.2. The molecule has 1 rings (SSSR count). The lowest BCUT2D eigenvalue weighted by Crippen LogP contribution is -2.34. The Hall–Kier alpha value is -2.11. The van der Waals surface area contributed by atoms with Crippen molar-refractivity contribution < 1.29 is 14.7 Å². The first-order valence-corrected chi connectivity index (χ1v) is 4.75. The summed E-state index contributed by atoms with van der Waals surface area (Å²) in [6.45, 7) is 2.42. The molecule has 0 fully saturated rings. The topological polar surface area (TPSA) is 84.2 Å². The van der Waals surface area contributed by atoms with Gasteiger partial charge in [0.1, 0.15) is 0 Å². The first-order valence-electron chi connectivity index (χ1n) is 4.75. The van der Waals surface area contributed by atoms with E-state index in [9.17, 15) is 9.59 Å². The molecule has 1 aromatic heterocycles. The minimum atomic E-state index is -1.14. The van der Waals surface area contributed by atoms with Gasteiger partial charge in [0.2, 0.25) is 5.91 Å². The van der Waals surface area contributed by atoms with Crippen molar-refractivity contribution in [3.05, 3.63) is 30.9 Å². The first kappa shape index (κ1) is 12.0. The zero-order valence-corrected chi connectivity index (χ0v) is 8.83. The summed E-state index contributed by atoms with van der Waals surface area (Å²) in [4.78, 5) is 25.2. The normalized spacial score (nSPS) is 12.6. The van der Waals surface area contributed by atoms with Crippen LogP contribution in [0.25, 0.3) is 0 Å². The van der Waals surface area contributed by atoms with Crippen molar-refractivity contribution in [2.24, 2.45) is 0 Å². The minimum absolute atomic E-state index is 0.0971. The zero-order chi connectivity index (χ0) is 12.0. The average molecular weight is 223 g/mol. The number of rotatable bonds is 5. The summed E-state index contributed by atoms with van der Waals surface area (Å²) in [7, 11) is 0. The maximum absolute atomic E-state index is 11.2. The number of hydrogen-bond donors (Lipinski definition) is 2. The van der Waals surface area contributed by atoms with Gasteiger partial charge in [0.05, 0.1) is 6.33 Å². The quantitative estimate of drug-likeness (QED) is 0.690. The largest absolute Gasteiger partial charge is 0.478 e. The van der Waals surface area contributed by atoms with Gasteiger partial charge in [-0.25, -0.2) is 9.78 Å². The van der Waals surface area contributed by atoms with E-state index in [1.807, 2.05) is 11.5 Å². The Bertz CT molecular complexity index is 384. The predicted octanol–water partition coefficient (Wildman–Crippen LogP) is 0.0286. The highest BCUT2D eigenvalue weighted by atomic mass is 16.4. The standard InChI is InChI=1S/C10H13N3O3/c1-8(6-13-5-4-11-7-13)12-9(14)2-3-10(15)16/h2-5,7-8H,6H2,1H3,(H,12,14)(H,15,16)/b3-2+. The fraction of sp³-hybridized carbons (Fsp3) is 0.300. The molecule has 0 saturated carbocycles. The van der Waals surface area contributed by atoms with Crippen molar-refractivity contribution in [2.75, 3.05) is 0 Å². The summed E-state index contributed by atoms with van der Waals surface area (Å²) in [6, 6.07) is -0.0971. The second-order valence-electron chi connectivity index (χ2n) is 3.34. The van der Waals surface area contributed by atoms with Crippen LogP contribution in [0.4, 0.5) is 0 Å². The van der Waals surface area contributed by atoms with Crippen molar-refractivity contribution in [3.8, 4) is 0 Å². The molecule has 2 N–H and O–H groups in total. The molecule has 0 aliphatic heterocycles. The van der Waals surface area contributed by atoms with Crippen LogP contribution in [-0.4, -0.2) is 32.6 Å². The highest BCUT2D eigenvalue weighted by Crippen LogP contribution is 1.91. The van der Waals surface area contributed by atoms with Crippen LogP contribution >= 0.6 is 0 Å². The van der Waals surface area contributed by atoms with E-state index < -0.39 is 11.9 Å². The molecule has 1 aromatic rings. The number of carbonyl (C=O) groups excluding carboxylic acids is 1. The van der Waals surface area contributed by atoms with Crippen molar-refractivity contribution in [3.63, 3.8) is 0 Å². The molecule has 6 heteroatoms. The SMILES string of the molecule is CC(Cn1ccnc1)NC(=O)/C=C/C(=O)O. The smallest absolute Gasteiger partial charge is 0.328 e. The van der Waals surface area contributed by atoms with Crippen LogP contribution < -0.4 is 5.32 Å². The number of carboxylic acids is 1. The van der Waals surface area contributed by atoms with Crippen molar-refractivity contribution in [1.82, 2.24) is 14.9 Å². The molecule has 0 spiro atoms. The van der Waals surface area contributed by atoms with Crippen molar-refractivity contribution in [2.45, 2.75) is 19.5 Å².